The van der Waals surface area contributed by atoms with Gasteiger partial charge in [0.1, 0.15) is 36.8 Å². The summed E-state index contributed by atoms with van der Waals surface area (Å²) in [5, 5.41) is 26.1. The second-order valence-electron chi connectivity index (χ2n) is 11.4. The van der Waals surface area contributed by atoms with Gasteiger partial charge in [-0.15, -0.1) is 15.3 Å². The molecule has 0 bridgehead atoms. The number of benzene rings is 4. The second-order valence-corrected chi connectivity index (χ2v) is 19.2. The number of phenols is 1. The van der Waals surface area contributed by atoms with Crippen LogP contribution in [0.5, 0.6) is 5.75 Å². The van der Waals surface area contributed by atoms with Crippen LogP contribution in [0.3, 0.4) is 0 Å². The van der Waals surface area contributed by atoms with E-state index in [2.05, 4.69) is 39.9 Å². The Labute approximate surface area is 340 Å². The average Bonchev–Trinajstić information content (AvgIpc) is 3.10. The van der Waals surface area contributed by atoms with E-state index in [1.54, 1.807) is 0 Å². The molecule has 0 aliphatic carbocycles. The van der Waals surface area contributed by atoms with Crippen molar-refractivity contribution in [2.45, 2.75) is 19.6 Å². The molecule has 320 valence electrons. The van der Waals surface area contributed by atoms with E-state index in [1.807, 2.05) is 0 Å². The molecule has 0 atom stereocenters. The quantitative estimate of drug-likeness (QED) is 0.0259. The Morgan fingerprint density at radius 1 is 0.733 bits per heavy atom. The third kappa shape index (κ3) is 10.4. The summed E-state index contributed by atoms with van der Waals surface area (Å²) in [6.07, 6.45) is -1.57. The van der Waals surface area contributed by atoms with Crippen LogP contribution in [-0.2, 0) is 54.8 Å². The van der Waals surface area contributed by atoms with E-state index in [0.29, 0.717) is 18.2 Å². The monoisotopic (exact) mass is 958 g/mol. The fourth-order valence-corrected chi connectivity index (χ4v) is 8.46. The molecule has 0 saturated heterocycles. The molecule has 24 nitrogen and oxygen atoms in total. The highest BCUT2D eigenvalue weighted by atomic mass is 35.5. The van der Waals surface area contributed by atoms with Gasteiger partial charge in [0.25, 0.3) is 30.4 Å². The molecule has 32 heteroatoms. The number of hydrogen-bond acceptors (Lipinski definition) is 20. The highest BCUT2D eigenvalue weighted by Crippen LogP contribution is 2.48. The predicted molar refractivity (Wildman–Crippen MR) is 200 cm³/mol. The predicted octanol–water partition coefficient (Wildman–Crippen LogP) is 4.76. The van der Waals surface area contributed by atoms with Crippen LogP contribution in [0.2, 0.25) is 5.02 Å². The molecule has 1 heterocycles. The SMILES string of the molecule is Nc1c(/N=N/c2ccc(S(=O)(=O)CCOS(=O)(=O)O)cc2)c(S(=O)(=O)O)cc2cc(S(=O)(=O)O)c(/N=N/c3cc(Nc4nc(F)nc(F)c4Cl)ccc3S(=O)(=O)O)c(O)c12. The average molecular weight is 959 g/mol. The van der Waals surface area contributed by atoms with E-state index in [0.717, 1.165) is 36.4 Å². The number of anilines is 3. The van der Waals surface area contributed by atoms with Gasteiger partial charge >= 0.3 is 16.5 Å². The van der Waals surface area contributed by atoms with Gasteiger partial charge in [0, 0.05) is 5.69 Å². The Kier molecular flexibility index (Phi) is 12.6. The molecule has 0 aliphatic rings. The van der Waals surface area contributed by atoms with Crippen LogP contribution in [0.15, 0.2) is 94.6 Å². The number of nitrogens with two attached hydrogens (primary N) is 1. The van der Waals surface area contributed by atoms with Gasteiger partial charge < -0.3 is 16.2 Å². The Hall–Kier alpha value is -5.48. The summed E-state index contributed by atoms with van der Waals surface area (Å²) in [6.45, 7) is -0.937. The van der Waals surface area contributed by atoms with Crippen molar-refractivity contribution in [1.29, 1.82) is 0 Å². The van der Waals surface area contributed by atoms with Crippen LogP contribution < -0.4 is 11.1 Å². The number of halogens is 3. The maximum atomic E-state index is 13.9. The molecule has 0 unspecified atom stereocenters. The van der Waals surface area contributed by atoms with Crippen molar-refractivity contribution in [3.63, 3.8) is 0 Å². The maximum Gasteiger partial charge on any atom is 0.397 e. The molecule has 0 saturated carbocycles. The standard InChI is InChI=1S/C28H21ClF2N8O16S5/c29-21-26(30)34-28(31)35-27(21)33-14-3-6-17(57(43,44)45)16(11-14)37-39-24-19(59(49,50)51)10-12-9-18(58(46,47)48)23(22(32)20(12)25(24)40)38-36-13-1-4-15(5-2-13)56(41,42)8-7-55-60(52,53)54/h1-6,9-11,40H,7-8,32H2,(H,33,34,35)(H,43,44,45)(H,46,47,48)(H,49,50,51)(H,52,53,54)/b38-36+,39-37+. The highest BCUT2D eigenvalue weighted by molar-refractivity contribution is 7.91. The molecule has 0 fully saturated rings. The van der Waals surface area contributed by atoms with Crippen LogP contribution in [0, 0.1) is 12.0 Å². The Bertz CT molecular complexity index is 3230. The van der Waals surface area contributed by atoms with Crippen LogP contribution in [0.1, 0.15) is 0 Å². The first-order valence-corrected chi connectivity index (χ1v) is 22.9. The van der Waals surface area contributed by atoms with Gasteiger partial charge in [-0.3, -0.25) is 18.2 Å². The van der Waals surface area contributed by atoms with Gasteiger partial charge in [-0.2, -0.15) is 57.5 Å². The van der Waals surface area contributed by atoms with E-state index in [9.17, 15) is 69.6 Å². The molecule has 0 radical (unpaired) electrons. The van der Waals surface area contributed by atoms with Crippen molar-refractivity contribution in [1.82, 2.24) is 9.97 Å². The number of sulfone groups is 1. The third-order valence-electron chi connectivity index (χ3n) is 7.46. The van der Waals surface area contributed by atoms with E-state index >= 15 is 0 Å². The van der Waals surface area contributed by atoms with Crippen molar-refractivity contribution in [2.75, 3.05) is 23.4 Å². The number of nitrogens with one attached hydrogen (secondary N) is 1. The number of rotatable bonds is 14. The van der Waals surface area contributed by atoms with Crippen molar-refractivity contribution in [3.05, 3.63) is 71.6 Å². The fourth-order valence-electron chi connectivity index (χ4n) is 4.91. The highest BCUT2D eigenvalue weighted by Gasteiger charge is 2.29. The Morgan fingerprint density at radius 3 is 1.87 bits per heavy atom. The molecular weight excluding hydrogens is 938 g/mol. The summed E-state index contributed by atoms with van der Waals surface area (Å²) in [7, 11) is -25.1. The molecule has 5 aromatic rings. The lowest BCUT2D eigenvalue weighted by Crippen LogP contribution is -2.15. The van der Waals surface area contributed by atoms with Gasteiger partial charge in [-0.25, -0.2) is 12.6 Å². The van der Waals surface area contributed by atoms with Crippen LogP contribution in [0.4, 0.5) is 48.7 Å². The Morgan fingerprint density at radius 2 is 1.30 bits per heavy atom. The Balaban J connectivity index is 1.64. The van der Waals surface area contributed by atoms with Gasteiger partial charge in [-0.05, 0) is 60.0 Å². The zero-order valence-electron chi connectivity index (χ0n) is 28.8. The van der Waals surface area contributed by atoms with Gasteiger partial charge in [0.15, 0.2) is 21.4 Å². The summed E-state index contributed by atoms with van der Waals surface area (Å²) in [4.78, 5) is 2.17. The second kappa shape index (κ2) is 16.5. The van der Waals surface area contributed by atoms with Gasteiger partial charge in [0.05, 0.1) is 34.0 Å². The molecule has 0 aliphatic heterocycles. The third-order valence-corrected chi connectivity index (χ3v) is 12.6. The summed E-state index contributed by atoms with van der Waals surface area (Å²) in [6, 6.07) is 7.43. The zero-order valence-corrected chi connectivity index (χ0v) is 33.6. The summed E-state index contributed by atoms with van der Waals surface area (Å²) in [5.74, 6) is -4.36. The minimum Gasteiger partial charge on any atom is -0.505 e. The number of aromatic nitrogens is 2. The molecule has 0 amide bonds. The topological polar surface area (TPSA) is 394 Å². The van der Waals surface area contributed by atoms with Crippen LogP contribution >= 0.6 is 11.6 Å². The van der Waals surface area contributed by atoms with Gasteiger partial charge in [0.2, 0.25) is 5.95 Å². The maximum absolute atomic E-state index is 13.9. The van der Waals surface area contributed by atoms with E-state index in [4.69, 9.17) is 21.9 Å². The molecular formula is C28H21ClF2N8O16S5. The first kappa shape index (κ1) is 45.6. The lowest BCUT2D eigenvalue weighted by Gasteiger charge is -2.14. The van der Waals surface area contributed by atoms with Crippen molar-refractivity contribution >= 4 is 113 Å². The van der Waals surface area contributed by atoms with Gasteiger partial charge in [-0.1, -0.05) is 11.6 Å². The molecule has 60 heavy (non-hydrogen) atoms. The number of nitrogen functional groups attached to an aromatic ring is 1. The number of phenolic OH excluding ortho intramolecular Hbond substituents is 1. The minimum atomic E-state index is -5.47. The fraction of sp³-hybridized carbons (Fsp3) is 0.0714. The van der Waals surface area contributed by atoms with Crippen LogP contribution in [0.25, 0.3) is 10.8 Å². The summed E-state index contributed by atoms with van der Waals surface area (Å²) in [5.41, 5.74) is 1.86. The van der Waals surface area contributed by atoms with E-state index in [1.165, 1.54) is 0 Å². The largest absolute Gasteiger partial charge is 0.505 e. The van der Waals surface area contributed by atoms with Crippen molar-refractivity contribution in [3.8, 4) is 5.75 Å². The summed E-state index contributed by atoms with van der Waals surface area (Å²) >= 11 is 5.75. The lowest BCUT2D eigenvalue weighted by atomic mass is 10.1. The number of nitrogens with zero attached hydrogens (tertiary/aromatic N) is 6. The number of azo groups is 2. The first-order valence-electron chi connectivity index (χ1n) is 15.2. The van der Waals surface area contributed by atoms with E-state index in [-0.39, 0.29) is 11.4 Å². The van der Waals surface area contributed by atoms with Crippen molar-refractivity contribution in [2.24, 2.45) is 20.5 Å². The number of aromatic hydroxyl groups is 1. The van der Waals surface area contributed by atoms with Crippen LogP contribution in [-0.4, -0.2) is 87.7 Å². The summed E-state index contributed by atoms with van der Waals surface area (Å²) < 4.78 is 191. The molecule has 5 rings (SSSR count). The number of fused-ring (bicyclic) bond motifs is 1. The van der Waals surface area contributed by atoms with Crippen molar-refractivity contribution < 1.29 is 78.4 Å². The molecule has 1 aromatic heterocycles. The lowest BCUT2D eigenvalue weighted by molar-refractivity contribution is 0.284. The zero-order chi connectivity index (χ0) is 44.7. The van der Waals surface area contributed by atoms with E-state index < -0.39 is 145 Å². The first-order chi connectivity index (χ1) is 27.6. The normalized spacial score (nSPS) is 13.1. The molecule has 8 N–H and O–H groups in total. The minimum absolute atomic E-state index is 0.201. The number of hydrogen-bond donors (Lipinski definition) is 7. The molecule has 4 aromatic carbocycles. The molecule has 0 spiro atoms. The smallest absolute Gasteiger partial charge is 0.397 e.